The summed E-state index contributed by atoms with van der Waals surface area (Å²) in [6.07, 6.45) is 0. The molecule has 0 radical (unpaired) electrons. The number of thioether (sulfide) groups is 1. The summed E-state index contributed by atoms with van der Waals surface area (Å²) in [5.41, 5.74) is 1.25. The van der Waals surface area contributed by atoms with E-state index in [-0.39, 0.29) is 24.2 Å². The van der Waals surface area contributed by atoms with Gasteiger partial charge in [-0.3, -0.25) is 9.59 Å². The topological polar surface area (TPSA) is 135 Å². The van der Waals surface area contributed by atoms with Gasteiger partial charge in [-0.1, -0.05) is 36.0 Å². The highest BCUT2D eigenvalue weighted by Gasteiger charge is 2.22. The number of hydrogen-bond acceptors (Lipinski definition) is 8. The predicted octanol–water partition coefficient (Wildman–Crippen LogP) is 1.80. The first-order valence-corrected chi connectivity index (χ1v) is 10.9. The number of nitrogens with one attached hydrogen (secondary N) is 2. The number of ether oxygens (including phenoxy) is 1. The highest BCUT2D eigenvalue weighted by Crippen LogP contribution is 2.20. The zero-order valence-electron chi connectivity index (χ0n) is 18.0. The van der Waals surface area contributed by atoms with Crippen LogP contribution in [0.5, 0.6) is 0 Å². The molecule has 2 amide bonds. The lowest BCUT2D eigenvalue weighted by atomic mass is 10.2. The lowest BCUT2D eigenvalue weighted by Crippen LogP contribution is -2.32. The molecule has 0 saturated carbocycles. The quantitative estimate of drug-likeness (QED) is 0.319. The van der Waals surface area contributed by atoms with Gasteiger partial charge in [0.1, 0.15) is 6.04 Å². The molecule has 1 unspecified atom stereocenters. The highest BCUT2D eigenvalue weighted by atomic mass is 32.2. The normalized spacial score (nSPS) is 11.5. The number of methoxy groups -OCH3 is 1. The fraction of sp³-hybridized carbons (Fsp3) is 0.227. The number of nitrogens with zero attached hydrogens (tertiary/aromatic N) is 3. The standard InChI is InChI=1S/C22H23N5O5S/c1-27-19(17(12-28)24-20(30)14-7-4-3-5-8-14)25-26-22(27)33-13-18(29)23-16-10-6-9-15(11-16)21(31)32-2/h3-11,17,28H,12-13H2,1-2H3,(H,23,29)(H,24,30). The average Bonchev–Trinajstić information content (AvgIpc) is 3.21. The Morgan fingerprint density at radius 3 is 2.52 bits per heavy atom. The number of aliphatic hydroxyl groups is 1. The second-order valence-electron chi connectivity index (χ2n) is 6.88. The van der Waals surface area contributed by atoms with E-state index >= 15 is 0 Å². The van der Waals surface area contributed by atoms with E-state index in [9.17, 15) is 19.5 Å². The predicted molar refractivity (Wildman–Crippen MR) is 122 cm³/mol. The van der Waals surface area contributed by atoms with Gasteiger partial charge in [0.2, 0.25) is 5.91 Å². The fourth-order valence-corrected chi connectivity index (χ4v) is 3.67. The molecular formula is C22H23N5O5S. The fourth-order valence-electron chi connectivity index (χ4n) is 2.95. The number of carbonyl (C=O) groups excluding carboxylic acids is 3. The first kappa shape index (κ1) is 24.0. The lowest BCUT2D eigenvalue weighted by Gasteiger charge is -2.16. The second-order valence-corrected chi connectivity index (χ2v) is 7.83. The van der Waals surface area contributed by atoms with Crippen LogP contribution in [0.4, 0.5) is 5.69 Å². The van der Waals surface area contributed by atoms with Crippen LogP contribution in [0.1, 0.15) is 32.6 Å². The van der Waals surface area contributed by atoms with E-state index in [1.54, 1.807) is 60.1 Å². The summed E-state index contributed by atoms with van der Waals surface area (Å²) < 4.78 is 6.29. The van der Waals surface area contributed by atoms with Crippen molar-refractivity contribution in [3.8, 4) is 0 Å². The van der Waals surface area contributed by atoms with E-state index in [4.69, 9.17) is 0 Å². The summed E-state index contributed by atoms with van der Waals surface area (Å²) in [6.45, 7) is -0.369. The van der Waals surface area contributed by atoms with Gasteiger partial charge in [-0.2, -0.15) is 0 Å². The van der Waals surface area contributed by atoms with Crippen LogP contribution in [-0.2, 0) is 16.6 Å². The molecule has 0 aliphatic heterocycles. The molecule has 2 aromatic carbocycles. The van der Waals surface area contributed by atoms with Crippen molar-refractivity contribution < 1.29 is 24.2 Å². The van der Waals surface area contributed by atoms with Gasteiger partial charge < -0.3 is 25.0 Å². The lowest BCUT2D eigenvalue weighted by molar-refractivity contribution is -0.113. The molecule has 3 N–H and O–H groups in total. The van der Waals surface area contributed by atoms with Crippen LogP contribution in [0, 0.1) is 0 Å². The molecule has 3 rings (SSSR count). The minimum Gasteiger partial charge on any atom is -0.465 e. The molecule has 172 valence electrons. The number of esters is 1. The average molecular weight is 470 g/mol. The molecule has 0 spiro atoms. The Balaban J connectivity index is 1.60. The van der Waals surface area contributed by atoms with Crippen LogP contribution in [0.15, 0.2) is 59.8 Å². The van der Waals surface area contributed by atoms with Crippen molar-refractivity contribution in [3.63, 3.8) is 0 Å². The van der Waals surface area contributed by atoms with Crippen LogP contribution in [0.3, 0.4) is 0 Å². The summed E-state index contributed by atoms with van der Waals surface area (Å²) >= 11 is 1.14. The van der Waals surface area contributed by atoms with Crippen LogP contribution >= 0.6 is 11.8 Å². The second kappa shape index (κ2) is 11.2. The maximum atomic E-state index is 12.4. The number of anilines is 1. The number of aliphatic hydroxyl groups excluding tert-OH is 1. The maximum absolute atomic E-state index is 12.4. The highest BCUT2D eigenvalue weighted by molar-refractivity contribution is 7.99. The third kappa shape index (κ3) is 6.18. The summed E-state index contributed by atoms with van der Waals surface area (Å²) in [6, 6.07) is 14.3. The molecule has 0 saturated heterocycles. The van der Waals surface area contributed by atoms with E-state index in [2.05, 4.69) is 25.6 Å². The number of carbonyl (C=O) groups is 3. The molecule has 11 heteroatoms. The smallest absolute Gasteiger partial charge is 0.337 e. The largest absolute Gasteiger partial charge is 0.465 e. The number of amides is 2. The van der Waals surface area contributed by atoms with Crippen molar-refractivity contribution >= 4 is 35.2 Å². The first-order valence-electron chi connectivity index (χ1n) is 9.90. The third-order valence-corrected chi connectivity index (χ3v) is 5.62. The Labute approximate surface area is 194 Å². The van der Waals surface area contributed by atoms with E-state index in [0.29, 0.717) is 27.8 Å². The van der Waals surface area contributed by atoms with Crippen molar-refractivity contribution in [3.05, 3.63) is 71.5 Å². The molecule has 1 aromatic heterocycles. The maximum Gasteiger partial charge on any atom is 0.337 e. The van der Waals surface area contributed by atoms with Gasteiger partial charge in [-0.15, -0.1) is 10.2 Å². The number of aromatic nitrogens is 3. The van der Waals surface area contributed by atoms with Gasteiger partial charge in [0.05, 0.1) is 25.0 Å². The summed E-state index contributed by atoms with van der Waals surface area (Å²) in [7, 11) is 2.97. The summed E-state index contributed by atoms with van der Waals surface area (Å²) in [5.74, 6) is -0.752. The van der Waals surface area contributed by atoms with Gasteiger partial charge in [-0.05, 0) is 30.3 Å². The molecule has 0 bridgehead atoms. The minimum atomic E-state index is -0.764. The van der Waals surface area contributed by atoms with E-state index in [1.807, 2.05) is 0 Å². The van der Waals surface area contributed by atoms with Crippen LogP contribution in [0.25, 0.3) is 0 Å². The number of rotatable bonds is 9. The molecule has 33 heavy (non-hydrogen) atoms. The van der Waals surface area contributed by atoms with Crippen molar-refractivity contribution in [2.45, 2.75) is 11.2 Å². The van der Waals surface area contributed by atoms with Crippen LogP contribution in [-0.4, -0.2) is 57.1 Å². The summed E-state index contributed by atoms with van der Waals surface area (Å²) in [5, 5.41) is 23.8. The Morgan fingerprint density at radius 2 is 1.82 bits per heavy atom. The van der Waals surface area contributed by atoms with Crippen molar-refractivity contribution in [2.24, 2.45) is 7.05 Å². The monoisotopic (exact) mass is 469 g/mol. The number of hydrogen-bond donors (Lipinski definition) is 3. The Kier molecular flexibility index (Phi) is 8.17. The van der Waals surface area contributed by atoms with Gasteiger partial charge in [0, 0.05) is 18.3 Å². The minimum absolute atomic E-state index is 0.0363. The third-order valence-electron chi connectivity index (χ3n) is 4.60. The Morgan fingerprint density at radius 1 is 1.09 bits per heavy atom. The van der Waals surface area contributed by atoms with Crippen molar-refractivity contribution in [1.29, 1.82) is 0 Å². The SMILES string of the molecule is COC(=O)c1cccc(NC(=O)CSc2nnc(C(CO)NC(=O)c3ccccc3)n2C)c1. The Hall–Kier alpha value is -3.70. The molecule has 0 aliphatic rings. The zero-order chi connectivity index (χ0) is 23.8. The van der Waals surface area contributed by atoms with Crippen molar-refractivity contribution in [1.82, 2.24) is 20.1 Å². The van der Waals surface area contributed by atoms with Crippen LogP contribution < -0.4 is 10.6 Å². The summed E-state index contributed by atoms with van der Waals surface area (Å²) in [4.78, 5) is 36.4. The molecule has 1 heterocycles. The molecule has 10 nitrogen and oxygen atoms in total. The molecule has 1 atom stereocenters. The number of benzene rings is 2. The van der Waals surface area contributed by atoms with Crippen molar-refractivity contribution in [2.75, 3.05) is 24.8 Å². The molecule has 0 aliphatic carbocycles. The molecular weight excluding hydrogens is 446 g/mol. The van der Waals surface area contributed by atoms with Gasteiger partial charge >= 0.3 is 5.97 Å². The van der Waals surface area contributed by atoms with Gasteiger partial charge in [0.25, 0.3) is 5.91 Å². The Bertz CT molecular complexity index is 1140. The van der Waals surface area contributed by atoms with E-state index < -0.39 is 12.0 Å². The first-order chi connectivity index (χ1) is 15.9. The van der Waals surface area contributed by atoms with E-state index in [0.717, 1.165) is 11.8 Å². The zero-order valence-corrected chi connectivity index (χ0v) is 18.8. The van der Waals surface area contributed by atoms with Gasteiger partial charge in [0.15, 0.2) is 11.0 Å². The van der Waals surface area contributed by atoms with Gasteiger partial charge in [-0.25, -0.2) is 4.79 Å². The molecule has 3 aromatic rings. The van der Waals surface area contributed by atoms with Crippen LogP contribution in [0.2, 0.25) is 0 Å². The van der Waals surface area contributed by atoms with E-state index in [1.165, 1.54) is 13.2 Å². The molecule has 0 fully saturated rings.